The van der Waals surface area contributed by atoms with Gasteiger partial charge in [0.25, 0.3) is 0 Å². The molecule has 0 amide bonds. The number of alkyl halides is 2. The van der Waals surface area contributed by atoms with E-state index in [4.69, 9.17) is 0 Å². The number of para-hydroxylation sites is 1. The molecule has 2 aromatic rings. The summed E-state index contributed by atoms with van der Waals surface area (Å²) in [6.07, 6.45) is -3.64. The van der Waals surface area contributed by atoms with Gasteiger partial charge in [-0.1, -0.05) is 18.2 Å². The van der Waals surface area contributed by atoms with Crippen molar-refractivity contribution in [2.45, 2.75) is 19.3 Å². The first-order chi connectivity index (χ1) is 9.94. The van der Waals surface area contributed by atoms with Gasteiger partial charge in [0.1, 0.15) is 5.82 Å². The largest absolute Gasteiger partial charge is 0.586 e. The molecular weight excluding hydrogens is 283 g/mol. The van der Waals surface area contributed by atoms with Gasteiger partial charge in [0, 0.05) is 6.04 Å². The molecule has 110 valence electrons. The Bertz CT molecular complexity index is 676. The highest BCUT2D eigenvalue weighted by Crippen LogP contribution is 2.42. The normalized spacial score (nSPS) is 16.6. The summed E-state index contributed by atoms with van der Waals surface area (Å²) in [5.74, 6) is -0.418. The van der Waals surface area contributed by atoms with E-state index in [9.17, 15) is 13.2 Å². The Balaban J connectivity index is 1.81. The minimum Gasteiger partial charge on any atom is -0.395 e. The van der Waals surface area contributed by atoms with Crippen molar-refractivity contribution < 1.29 is 22.6 Å². The molecule has 0 fully saturated rings. The van der Waals surface area contributed by atoms with Crippen LogP contribution in [0.3, 0.4) is 0 Å². The molecule has 0 aliphatic carbocycles. The summed E-state index contributed by atoms with van der Waals surface area (Å²) in [7, 11) is 0. The molecule has 1 atom stereocenters. The molecule has 1 aliphatic heterocycles. The lowest BCUT2D eigenvalue weighted by Gasteiger charge is -2.16. The van der Waals surface area contributed by atoms with Crippen LogP contribution in [0.25, 0.3) is 0 Å². The number of anilines is 1. The zero-order valence-corrected chi connectivity index (χ0v) is 11.1. The van der Waals surface area contributed by atoms with Crippen molar-refractivity contribution >= 4 is 5.69 Å². The summed E-state index contributed by atoms with van der Waals surface area (Å²) in [5.41, 5.74) is 1.02. The molecule has 2 aromatic carbocycles. The van der Waals surface area contributed by atoms with Crippen LogP contribution in [-0.2, 0) is 0 Å². The number of hydrogen-bond donors (Lipinski definition) is 1. The van der Waals surface area contributed by atoms with E-state index in [0.717, 1.165) is 0 Å². The third-order valence-corrected chi connectivity index (χ3v) is 3.17. The Morgan fingerprint density at radius 3 is 2.52 bits per heavy atom. The van der Waals surface area contributed by atoms with Gasteiger partial charge in [0.15, 0.2) is 11.5 Å². The molecule has 0 saturated carbocycles. The van der Waals surface area contributed by atoms with Crippen LogP contribution < -0.4 is 14.8 Å². The summed E-state index contributed by atoms with van der Waals surface area (Å²) in [6.45, 7) is 1.79. The molecule has 1 N–H and O–H groups in total. The lowest BCUT2D eigenvalue weighted by Crippen LogP contribution is -2.25. The van der Waals surface area contributed by atoms with E-state index in [-0.39, 0.29) is 23.4 Å². The van der Waals surface area contributed by atoms with Gasteiger partial charge in [0.05, 0.1) is 5.69 Å². The highest BCUT2D eigenvalue weighted by Gasteiger charge is 2.43. The average Bonchev–Trinajstić information content (AvgIpc) is 2.74. The fraction of sp³-hybridized carbons (Fsp3) is 0.200. The second-order valence-electron chi connectivity index (χ2n) is 4.72. The maximum absolute atomic E-state index is 13.6. The van der Waals surface area contributed by atoms with Crippen LogP contribution in [0, 0.1) is 5.82 Å². The van der Waals surface area contributed by atoms with Crippen molar-refractivity contribution in [2.24, 2.45) is 0 Å². The van der Waals surface area contributed by atoms with E-state index in [1.807, 2.05) is 0 Å². The molecule has 6 heteroatoms. The van der Waals surface area contributed by atoms with Crippen LogP contribution in [0.2, 0.25) is 0 Å². The quantitative estimate of drug-likeness (QED) is 0.914. The Kier molecular flexibility index (Phi) is 3.16. The Morgan fingerprint density at radius 1 is 1.05 bits per heavy atom. The number of rotatable bonds is 3. The molecule has 0 saturated heterocycles. The van der Waals surface area contributed by atoms with Gasteiger partial charge in [-0.05, 0) is 36.8 Å². The summed E-state index contributed by atoms with van der Waals surface area (Å²) < 4.78 is 48.2. The summed E-state index contributed by atoms with van der Waals surface area (Å²) in [4.78, 5) is 0. The molecule has 0 aromatic heterocycles. The predicted molar refractivity (Wildman–Crippen MR) is 71.1 cm³/mol. The van der Waals surface area contributed by atoms with Gasteiger partial charge in [-0.2, -0.15) is 0 Å². The lowest BCUT2D eigenvalue weighted by atomic mass is 10.1. The maximum Gasteiger partial charge on any atom is 0.586 e. The first-order valence-corrected chi connectivity index (χ1v) is 6.35. The molecule has 1 heterocycles. The van der Waals surface area contributed by atoms with Gasteiger partial charge < -0.3 is 14.8 Å². The standard InChI is InChI=1S/C15H12F3NO2/c1-9(19-12-5-3-2-4-11(12)16)10-6-7-13-14(8-10)21-15(17,18)20-13/h2-9,19H,1H3/t9-/m0/s1. The van der Waals surface area contributed by atoms with Gasteiger partial charge in [-0.3, -0.25) is 0 Å². The van der Waals surface area contributed by atoms with E-state index in [1.165, 1.54) is 18.2 Å². The Morgan fingerprint density at radius 2 is 1.76 bits per heavy atom. The van der Waals surface area contributed by atoms with E-state index >= 15 is 0 Å². The highest BCUT2D eigenvalue weighted by molar-refractivity contribution is 5.50. The topological polar surface area (TPSA) is 30.5 Å². The summed E-state index contributed by atoms with van der Waals surface area (Å²) in [5, 5.41) is 2.98. The number of halogens is 3. The van der Waals surface area contributed by atoms with E-state index < -0.39 is 6.29 Å². The third kappa shape index (κ3) is 2.74. The van der Waals surface area contributed by atoms with Crippen LogP contribution in [0.5, 0.6) is 11.5 Å². The number of hydrogen-bond acceptors (Lipinski definition) is 3. The van der Waals surface area contributed by atoms with Gasteiger partial charge in [-0.25, -0.2) is 4.39 Å². The zero-order valence-electron chi connectivity index (χ0n) is 11.1. The molecule has 0 radical (unpaired) electrons. The SMILES string of the molecule is C[C@H](Nc1ccccc1F)c1ccc2c(c1)OC(F)(F)O2. The number of fused-ring (bicyclic) bond motifs is 1. The number of benzene rings is 2. The van der Waals surface area contributed by atoms with Crippen molar-refractivity contribution in [3.63, 3.8) is 0 Å². The smallest absolute Gasteiger partial charge is 0.395 e. The third-order valence-electron chi connectivity index (χ3n) is 3.17. The van der Waals surface area contributed by atoms with E-state index in [1.54, 1.807) is 31.2 Å². The van der Waals surface area contributed by atoms with Crippen molar-refractivity contribution in [2.75, 3.05) is 5.32 Å². The van der Waals surface area contributed by atoms with Gasteiger partial charge >= 0.3 is 6.29 Å². The molecule has 1 aliphatic rings. The number of nitrogens with one attached hydrogen (secondary N) is 1. The van der Waals surface area contributed by atoms with Gasteiger partial charge in [-0.15, -0.1) is 8.78 Å². The van der Waals surface area contributed by atoms with E-state index in [2.05, 4.69) is 14.8 Å². The van der Waals surface area contributed by atoms with Gasteiger partial charge in [0.2, 0.25) is 0 Å². The maximum atomic E-state index is 13.6. The predicted octanol–water partition coefficient (Wildman–Crippen LogP) is 4.32. The second-order valence-corrected chi connectivity index (χ2v) is 4.72. The average molecular weight is 295 g/mol. The molecule has 0 unspecified atom stereocenters. The fourth-order valence-electron chi connectivity index (χ4n) is 2.13. The van der Waals surface area contributed by atoms with Crippen LogP contribution in [0.4, 0.5) is 18.9 Å². The van der Waals surface area contributed by atoms with Crippen molar-refractivity contribution in [3.8, 4) is 11.5 Å². The molecular formula is C15H12F3NO2. The van der Waals surface area contributed by atoms with Crippen LogP contribution in [0.1, 0.15) is 18.5 Å². The summed E-state index contributed by atoms with van der Waals surface area (Å²) in [6, 6.07) is 10.4. The highest BCUT2D eigenvalue weighted by atomic mass is 19.3. The second kappa shape index (κ2) is 4.87. The van der Waals surface area contributed by atoms with E-state index in [0.29, 0.717) is 11.3 Å². The molecule has 0 spiro atoms. The van der Waals surface area contributed by atoms with Crippen molar-refractivity contribution in [3.05, 3.63) is 53.8 Å². The first kappa shape index (κ1) is 13.6. The van der Waals surface area contributed by atoms with Crippen LogP contribution in [0.15, 0.2) is 42.5 Å². The Labute approximate surface area is 119 Å². The monoisotopic (exact) mass is 295 g/mol. The molecule has 3 rings (SSSR count). The zero-order chi connectivity index (χ0) is 15.0. The summed E-state index contributed by atoms with van der Waals surface area (Å²) >= 11 is 0. The molecule has 3 nitrogen and oxygen atoms in total. The minimum atomic E-state index is -3.64. The Hall–Kier alpha value is -2.37. The number of ether oxygens (including phenoxy) is 2. The fourth-order valence-corrected chi connectivity index (χ4v) is 2.13. The molecule has 21 heavy (non-hydrogen) atoms. The van der Waals surface area contributed by atoms with Crippen molar-refractivity contribution in [1.29, 1.82) is 0 Å². The first-order valence-electron chi connectivity index (χ1n) is 6.35. The van der Waals surface area contributed by atoms with Crippen molar-refractivity contribution in [1.82, 2.24) is 0 Å². The van der Waals surface area contributed by atoms with Crippen LogP contribution in [-0.4, -0.2) is 6.29 Å². The minimum absolute atomic E-state index is 0.0122. The van der Waals surface area contributed by atoms with Crippen LogP contribution >= 0.6 is 0 Å². The lowest BCUT2D eigenvalue weighted by molar-refractivity contribution is -0.286. The molecule has 0 bridgehead atoms.